The second-order valence-corrected chi connectivity index (χ2v) is 5.73. The summed E-state index contributed by atoms with van der Waals surface area (Å²) in [4.78, 5) is 0.707. The maximum Gasteiger partial charge on any atom is 0.123 e. The fourth-order valence-electron chi connectivity index (χ4n) is 1.88. The molecule has 0 bridgehead atoms. The van der Waals surface area contributed by atoms with Crippen LogP contribution < -0.4 is 10.5 Å². The molecular weight excluding hydrogens is 277 g/mol. The van der Waals surface area contributed by atoms with Crippen molar-refractivity contribution in [2.45, 2.75) is 17.2 Å². The van der Waals surface area contributed by atoms with Gasteiger partial charge < -0.3 is 10.5 Å². The molecule has 0 heterocycles. The first-order chi connectivity index (χ1) is 9.63. The molecule has 0 aromatic heterocycles. The number of benzene rings is 2. The summed E-state index contributed by atoms with van der Waals surface area (Å²) >= 11 is 0. The Morgan fingerprint density at radius 3 is 2.45 bits per heavy atom. The van der Waals surface area contributed by atoms with Crippen LogP contribution >= 0.6 is 0 Å². The zero-order valence-electron chi connectivity index (χ0n) is 11.1. The lowest BCUT2D eigenvalue weighted by Crippen LogP contribution is -2.05. The molecular formula is C15H16FNO2S. The van der Waals surface area contributed by atoms with Gasteiger partial charge in [-0.1, -0.05) is 6.07 Å². The molecule has 2 rings (SSSR count). The van der Waals surface area contributed by atoms with Crippen molar-refractivity contribution < 1.29 is 13.3 Å². The first-order valence-corrected chi connectivity index (χ1v) is 7.45. The van der Waals surface area contributed by atoms with Crippen LogP contribution in [0.25, 0.3) is 0 Å². The Balaban J connectivity index is 2.18. The van der Waals surface area contributed by atoms with Gasteiger partial charge in [0.25, 0.3) is 0 Å². The Hall–Kier alpha value is -1.72. The van der Waals surface area contributed by atoms with E-state index in [0.29, 0.717) is 16.2 Å². The average molecular weight is 293 g/mol. The number of hydrogen-bond acceptors (Lipinski definition) is 3. The Morgan fingerprint density at radius 2 is 1.85 bits per heavy atom. The Kier molecular flexibility index (Phi) is 4.87. The molecule has 0 radical (unpaired) electrons. The smallest absolute Gasteiger partial charge is 0.123 e. The number of halogens is 1. The highest BCUT2D eigenvalue weighted by molar-refractivity contribution is 7.84. The van der Waals surface area contributed by atoms with Crippen molar-refractivity contribution >= 4 is 10.8 Å². The van der Waals surface area contributed by atoms with Crippen LogP contribution in [0.5, 0.6) is 5.75 Å². The molecule has 0 aliphatic rings. The molecule has 2 N–H and O–H groups in total. The topological polar surface area (TPSA) is 52.3 Å². The standard InChI is InChI=1S/C15H16FNO2S/c1-19-14-4-6-15(7-5-14)20(18)10-11-2-3-13(16)8-12(11)9-17/h2-8H,9-10,17H2,1H3. The summed E-state index contributed by atoms with van der Waals surface area (Å²) in [5.41, 5.74) is 7.08. The Labute approximate surface area is 120 Å². The molecule has 0 saturated heterocycles. The lowest BCUT2D eigenvalue weighted by Gasteiger charge is -2.08. The summed E-state index contributed by atoms with van der Waals surface area (Å²) in [7, 11) is 0.385. The fraction of sp³-hybridized carbons (Fsp3) is 0.200. The molecule has 5 heteroatoms. The second-order valence-electron chi connectivity index (χ2n) is 4.28. The largest absolute Gasteiger partial charge is 0.497 e. The third-order valence-electron chi connectivity index (χ3n) is 3.00. The lowest BCUT2D eigenvalue weighted by atomic mass is 10.1. The fourth-order valence-corrected chi connectivity index (χ4v) is 3.05. The van der Waals surface area contributed by atoms with E-state index in [9.17, 15) is 8.60 Å². The first kappa shape index (κ1) is 14.7. The molecule has 0 aliphatic heterocycles. The number of hydrogen-bond donors (Lipinski definition) is 1. The van der Waals surface area contributed by atoms with E-state index >= 15 is 0 Å². The van der Waals surface area contributed by atoms with Gasteiger partial charge in [-0.3, -0.25) is 4.21 Å². The monoisotopic (exact) mass is 293 g/mol. The van der Waals surface area contributed by atoms with Gasteiger partial charge in [0.05, 0.1) is 23.7 Å². The quantitative estimate of drug-likeness (QED) is 0.922. The van der Waals surface area contributed by atoms with Crippen molar-refractivity contribution in [1.29, 1.82) is 0 Å². The number of ether oxygens (including phenoxy) is 1. The number of rotatable bonds is 5. The molecule has 106 valence electrons. The van der Waals surface area contributed by atoms with Crippen LogP contribution in [0.4, 0.5) is 4.39 Å². The van der Waals surface area contributed by atoms with Gasteiger partial charge in [0, 0.05) is 11.4 Å². The van der Waals surface area contributed by atoms with Crippen molar-refractivity contribution in [2.24, 2.45) is 5.73 Å². The van der Waals surface area contributed by atoms with Crippen LogP contribution in [0, 0.1) is 5.82 Å². The molecule has 0 amide bonds. The molecule has 20 heavy (non-hydrogen) atoms. The van der Waals surface area contributed by atoms with Gasteiger partial charge in [0.15, 0.2) is 0 Å². The van der Waals surface area contributed by atoms with E-state index in [1.807, 2.05) is 0 Å². The van der Waals surface area contributed by atoms with Crippen LogP contribution in [-0.2, 0) is 23.1 Å². The average Bonchev–Trinajstić information content (AvgIpc) is 2.49. The van der Waals surface area contributed by atoms with Crippen LogP contribution in [0.2, 0.25) is 0 Å². The van der Waals surface area contributed by atoms with Crippen LogP contribution in [0.15, 0.2) is 47.4 Å². The molecule has 0 saturated carbocycles. The van der Waals surface area contributed by atoms with Crippen molar-refractivity contribution in [1.82, 2.24) is 0 Å². The molecule has 2 aromatic carbocycles. The van der Waals surface area contributed by atoms with Crippen LogP contribution in [0.1, 0.15) is 11.1 Å². The predicted molar refractivity (Wildman–Crippen MR) is 77.4 cm³/mol. The Bertz CT molecular complexity index is 614. The van der Waals surface area contributed by atoms with Crippen molar-refractivity contribution in [2.75, 3.05) is 7.11 Å². The lowest BCUT2D eigenvalue weighted by molar-refractivity contribution is 0.414. The predicted octanol–water partition coefficient (Wildman–Crippen LogP) is 2.60. The van der Waals surface area contributed by atoms with E-state index in [1.54, 1.807) is 37.4 Å². The second kappa shape index (κ2) is 6.63. The highest BCUT2D eigenvalue weighted by atomic mass is 32.2. The third kappa shape index (κ3) is 3.43. The molecule has 0 aliphatic carbocycles. The minimum absolute atomic E-state index is 0.229. The summed E-state index contributed by atoms with van der Waals surface area (Å²) in [6, 6.07) is 11.4. The summed E-state index contributed by atoms with van der Waals surface area (Å²) in [6.45, 7) is 0.229. The minimum atomic E-state index is -1.20. The van der Waals surface area contributed by atoms with E-state index in [4.69, 9.17) is 10.5 Å². The summed E-state index contributed by atoms with van der Waals surface area (Å²) in [5.74, 6) is 0.707. The van der Waals surface area contributed by atoms with E-state index < -0.39 is 10.8 Å². The molecule has 3 nitrogen and oxygen atoms in total. The van der Waals surface area contributed by atoms with Gasteiger partial charge in [0.1, 0.15) is 11.6 Å². The molecule has 0 spiro atoms. The maximum absolute atomic E-state index is 13.1. The van der Waals surface area contributed by atoms with E-state index in [-0.39, 0.29) is 12.4 Å². The summed E-state index contributed by atoms with van der Waals surface area (Å²) in [6.07, 6.45) is 0. The van der Waals surface area contributed by atoms with Gasteiger partial charge >= 0.3 is 0 Å². The summed E-state index contributed by atoms with van der Waals surface area (Å²) in [5, 5.41) is 0. The number of methoxy groups -OCH3 is 1. The molecule has 0 fully saturated rings. The zero-order chi connectivity index (χ0) is 14.5. The van der Waals surface area contributed by atoms with Gasteiger partial charge in [0.2, 0.25) is 0 Å². The van der Waals surface area contributed by atoms with E-state index in [0.717, 1.165) is 11.3 Å². The highest BCUT2D eigenvalue weighted by Gasteiger charge is 2.09. The van der Waals surface area contributed by atoms with Gasteiger partial charge in [-0.05, 0) is 47.5 Å². The first-order valence-electron chi connectivity index (χ1n) is 6.14. The zero-order valence-corrected chi connectivity index (χ0v) is 12.0. The highest BCUT2D eigenvalue weighted by Crippen LogP contribution is 2.19. The Morgan fingerprint density at radius 1 is 1.15 bits per heavy atom. The molecule has 1 unspecified atom stereocenters. The van der Waals surface area contributed by atoms with E-state index in [1.165, 1.54) is 12.1 Å². The van der Waals surface area contributed by atoms with Crippen LogP contribution in [0.3, 0.4) is 0 Å². The molecule has 2 aromatic rings. The van der Waals surface area contributed by atoms with Crippen LogP contribution in [-0.4, -0.2) is 11.3 Å². The normalized spacial score (nSPS) is 12.2. The summed E-state index contributed by atoms with van der Waals surface area (Å²) < 4.78 is 30.5. The maximum atomic E-state index is 13.1. The van der Waals surface area contributed by atoms with Crippen molar-refractivity contribution in [3.05, 3.63) is 59.4 Å². The minimum Gasteiger partial charge on any atom is -0.497 e. The van der Waals surface area contributed by atoms with Gasteiger partial charge in [-0.2, -0.15) is 0 Å². The molecule has 1 atom stereocenters. The van der Waals surface area contributed by atoms with Gasteiger partial charge in [-0.15, -0.1) is 0 Å². The SMILES string of the molecule is COc1ccc(S(=O)Cc2ccc(F)cc2CN)cc1. The third-order valence-corrected chi connectivity index (χ3v) is 4.37. The van der Waals surface area contributed by atoms with Crippen molar-refractivity contribution in [3.8, 4) is 5.75 Å². The van der Waals surface area contributed by atoms with Crippen molar-refractivity contribution in [3.63, 3.8) is 0 Å². The number of nitrogens with two attached hydrogens (primary N) is 1. The van der Waals surface area contributed by atoms with Gasteiger partial charge in [-0.25, -0.2) is 4.39 Å². The van der Waals surface area contributed by atoms with E-state index in [2.05, 4.69) is 0 Å².